The van der Waals surface area contributed by atoms with Crippen molar-refractivity contribution in [3.8, 4) is 11.5 Å². The number of benzene rings is 1. The van der Waals surface area contributed by atoms with Crippen LogP contribution in [-0.4, -0.2) is 15.1 Å². The second-order valence-electron chi connectivity index (χ2n) is 5.31. The molecule has 4 rings (SSSR count). The number of aromatic nitrogens is 3. The second-order valence-corrected chi connectivity index (χ2v) is 5.31. The molecule has 0 saturated heterocycles. The minimum absolute atomic E-state index is 0. The summed E-state index contributed by atoms with van der Waals surface area (Å²) in [5.74, 6) is 1.12. The Labute approximate surface area is 128 Å². The van der Waals surface area contributed by atoms with Crippen molar-refractivity contribution in [1.82, 2.24) is 15.1 Å². The topological polar surface area (TPSA) is 77.8 Å². The molecule has 0 spiro atoms. The first-order chi connectivity index (χ1) is 9.76. The van der Waals surface area contributed by atoms with Crippen LogP contribution in [0.5, 0.6) is 0 Å². The van der Waals surface area contributed by atoms with Crippen LogP contribution in [0.4, 0.5) is 0 Å². The Morgan fingerprint density at radius 3 is 2.71 bits per heavy atom. The first kappa shape index (κ1) is 14.0. The molecule has 6 heteroatoms. The zero-order chi connectivity index (χ0) is 13.6. The molecule has 2 heterocycles. The molecule has 5 nitrogen and oxygen atoms in total. The van der Waals surface area contributed by atoms with Gasteiger partial charge in [0.05, 0.1) is 16.6 Å². The number of hydrogen-bond donors (Lipinski definition) is 1. The van der Waals surface area contributed by atoms with Gasteiger partial charge in [-0.25, -0.2) is 0 Å². The number of nitrogens with two attached hydrogens (primary N) is 1. The highest BCUT2D eigenvalue weighted by atomic mass is 35.5. The van der Waals surface area contributed by atoms with Crippen molar-refractivity contribution in [1.29, 1.82) is 0 Å². The third-order valence-electron chi connectivity index (χ3n) is 4.00. The Bertz CT molecular complexity index is 777. The molecule has 1 aromatic carbocycles. The van der Waals surface area contributed by atoms with E-state index < -0.39 is 5.54 Å². The number of fused-ring (bicyclic) bond motifs is 1. The predicted octanol–water partition coefficient (Wildman–Crippen LogP) is 3.04. The largest absolute Gasteiger partial charge is 0.334 e. The van der Waals surface area contributed by atoms with Crippen LogP contribution in [0.3, 0.4) is 0 Å². The van der Waals surface area contributed by atoms with Crippen molar-refractivity contribution in [3.05, 3.63) is 42.4 Å². The molecule has 21 heavy (non-hydrogen) atoms. The number of pyridine rings is 1. The third-order valence-corrected chi connectivity index (χ3v) is 4.00. The molecule has 1 fully saturated rings. The molecule has 0 atom stereocenters. The van der Waals surface area contributed by atoms with Gasteiger partial charge in [0.1, 0.15) is 0 Å². The number of hydrogen-bond acceptors (Lipinski definition) is 5. The van der Waals surface area contributed by atoms with Crippen LogP contribution < -0.4 is 5.73 Å². The van der Waals surface area contributed by atoms with Gasteiger partial charge in [-0.2, -0.15) is 4.98 Å². The Morgan fingerprint density at radius 2 is 1.95 bits per heavy atom. The standard InChI is InChI=1S/C15H14N4O.ClH/c16-15(7-3-8-15)14-18-13(20-19-14)11-6-9-17-12-5-2-1-4-10(11)12;/h1-2,4-6,9H,3,7-8,16H2;1H. The number of rotatable bonds is 2. The van der Waals surface area contributed by atoms with E-state index in [1.165, 1.54) is 0 Å². The van der Waals surface area contributed by atoms with Gasteiger partial charge in [0.15, 0.2) is 5.82 Å². The molecular formula is C15H15ClN4O. The minimum atomic E-state index is -0.398. The van der Waals surface area contributed by atoms with Crippen molar-refractivity contribution in [3.63, 3.8) is 0 Å². The summed E-state index contributed by atoms with van der Waals surface area (Å²) in [4.78, 5) is 8.83. The van der Waals surface area contributed by atoms with Crippen molar-refractivity contribution in [2.45, 2.75) is 24.8 Å². The van der Waals surface area contributed by atoms with E-state index in [-0.39, 0.29) is 12.4 Å². The van der Waals surface area contributed by atoms with E-state index >= 15 is 0 Å². The maximum Gasteiger partial charge on any atom is 0.258 e. The van der Waals surface area contributed by atoms with E-state index in [9.17, 15) is 0 Å². The summed E-state index contributed by atoms with van der Waals surface area (Å²) >= 11 is 0. The molecule has 1 saturated carbocycles. The molecule has 1 aliphatic rings. The van der Waals surface area contributed by atoms with Crippen LogP contribution in [0.1, 0.15) is 25.1 Å². The van der Waals surface area contributed by atoms with E-state index in [1.807, 2.05) is 30.3 Å². The Kier molecular flexibility index (Phi) is 3.39. The lowest BCUT2D eigenvalue weighted by molar-refractivity contribution is 0.229. The Balaban J connectivity index is 0.00000132. The van der Waals surface area contributed by atoms with E-state index in [4.69, 9.17) is 10.3 Å². The smallest absolute Gasteiger partial charge is 0.258 e. The molecule has 0 amide bonds. The lowest BCUT2D eigenvalue weighted by atomic mass is 9.77. The fraction of sp³-hybridized carbons (Fsp3) is 0.267. The summed E-state index contributed by atoms with van der Waals surface area (Å²) in [6, 6.07) is 9.79. The average molecular weight is 303 g/mol. The van der Waals surface area contributed by atoms with E-state index in [1.54, 1.807) is 6.20 Å². The summed E-state index contributed by atoms with van der Waals surface area (Å²) in [6.07, 6.45) is 4.72. The van der Waals surface area contributed by atoms with Gasteiger partial charge in [0.2, 0.25) is 0 Å². The molecule has 0 aliphatic heterocycles. The van der Waals surface area contributed by atoms with Crippen molar-refractivity contribution in [2.75, 3.05) is 0 Å². The maximum absolute atomic E-state index is 6.23. The predicted molar refractivity (Wildman–Crippen MR) is 82.0 cm³/mol. The highest BCUT2D eigenvalue weighted by Gasteiger charge is 2.39. The van der Waals surface area contributed by atoms with Crippen molar-refractivity contribution < 1.29 is 4.52 Å². The van der Waals surface area contributed by atoms with Crippen LogP contribution in [0.15, 0.2) is 41.1 Å². The summed E-state index contributed by atoms with van der Waals surface area (Å²) in [5.41, 5.74) is 7.65. The molecule has 3 aromatic rings. The van der Waals surface area contributed by atoms with E-state index in [2.05, 4.69) is 15.1 Å². The maximum atomic E-state index is 6.23. The lowest BCUT2D eigenvalue weighted by Crippen LogP contribution is -2.44. The van der Waals surface area contributed by atoms with Gasteiger partial charge >= 0.3 is 0 Å². The van der Waals surface area contributed by atoms with Gasteiger partial charge in [-0.15, -0.1) is 12.4 Å². The molecule has 2 N–H and O–H groups in total. The number of nitrogens with zero attached hydrogens (tertiary/aromatic N) is 3. The normalized spacial score (nSPS) is 16.2. The average Bonchev–Trinajstić information content (AvgIpc) is 2.94. The van der Waals surface area contributed by atoms with Crippen molar-refractivity contribution >= 4 is 23.3 Å². The van der Waals surface area contributed by atoms with Crippen LogP contribution in [0, 0.1) is 0 Å². The SMILES string of the molecule is Cl.NC1(c2noc(-c3ccnc4ccccc34)n2)CCC1. The quantitative estimate of drug-likeness (QED) is 0.787. The summed E-state index contributed by atoms with van der Waals surface area (Å²) in [6.45, 7) is 0. The van der Waals surface area contributed by atoms with Crippen LogP contribution in [0.2, 0.25) is 0 Å². The first-order valence-corrected chi connectivity index (χ1v) is 6.73. The Hall–Kier alpha value is -1.98. The van der Waals surface area contributed by atoms with Gasteiger partial charge in [-0.05, 0) is 31.4 Å². The third kappa shape index (κ3) is 2.18. The minimum Gasteiger partial charge on any atom is -0.334 e. The van der Waals surface area contributed by atoms with Gasteiger partial charge in [0, 0.05) is 11.6 Å². The van der Waals surface area contributed by atoms with Gasteiger partial charge in [0.25, 0.3) is 5.89 Å². The molecule has 1 aliphatic carbocycles. The summed E-state index contributed by atoms with van der Waals surface area (Å²) in [7, 11) is 0. The molecule has 2 aromatic heterocycles. The molecule has 0 unspecified atom stereocenters. The highest BCUT2D eigenvalue weighted by molar-refractivity contribution is 5.91. The zero-order valence-electron chi connectivity index (χ0n) is 11.3. The number of halogens is 1. The van der Waals surface area contributed by atoms with Crippen LogP contribution in [-0.2, 0) is 5.54 Å². The molecule has 0 radical (unpaired) electrons. The Morgan fingerprint density at radius 1 is 1.14 bits per heavy atom. The molecule has 108 valence electrons. The summed E-state index contributed by atoms with van der Waals surface area (Å²) in [5, 5.41) is 5.07. The second kappa shape index (κ2) is 5.09. The fourth-order valence-corrected chi connectivity index (χ4v) is 2.60. The monoisotopic (exact) mass is 302 g/mol. The molecular weight excluding hydrogens is 288 g/mol. The van der Waals surface area contributed by atoms with Crippen LogP contribution in [0.25, 0.3) is 22.4 Å². The summed E-state index contributed by atoms with van der Waals surface area (Å²) < 4.78 is 5.41. The zero-order valence-corrected chi connectivity index (χ0v) is 12.1. The van der Waals surface area contributed by atoms with Gasteiger partial charge < -0.3 is 10.3 Å². The lowest BCUT2D eigenvalue weighted by Gasteiger charge is -2.34. The fourth-order valence-electron chi connectivity index (χ4n) is 2.60. The van der Waals surface area contributed by atoms with Crippen LogP contribution >= 0.6 is 12.4 Å². The van der Waals surface area contributed by atoms with Gasteiger partial charge in [-0.3, -0.25) is 4.98 Å². The first-order valence-electron chi connectivity index (χ1n) is 6.73. The van der Waals surface area contributed by atoms with E-state index in [0.29, 0.717) is 11.7 Å². The van der Waals surface area contributed by atoms with E-state index in [0.717, 1.165) is 35.7 Å². The van der Waals surface area contributed by atoms with Crippen molar-refractivity contribution in [2.24, 2.45) is 5.73 Å². The molecule has 0 bridgehead atoms. The number of para-hydroxylation sites is 1. The van der Waals surface area contributed by atoms with Gasteiger partial charge in [-0.1, -0.05) is 23.4 Å². The highest BCUT2D eigenvalue weighted by Crippen LogP contribution is 2.38.